The Morgan fingerprint density at radius 2 is 2.00 bits per heavy atom. The zero-order chi connectivity index (χ0) is 18.4. The number of thiocarbonyl (C=S) groups is 1. The molecule has 6 heteroatoms. The van der Waals surface area contributed by atoms with Gasteiger partial charge in [0.1, 0.15) is 4.32 Å². The van der Waals surface area contributed by atoms with E-state index in [1.807, 2.05) is 45.0 Å². The molecule has 1 aromatic rings. The highest BCUT2D eigenvalue weighted by molar-refractivity contribution is 8.26. The van der Waals surface area contributed by atoms with E-state index in [1.54, 1.807) is 4.90 Å². The van der Waals surface area contributed by atoms with E-state index in [1.165, 1.54) is 11.8 Å². The quantitative estimate of drug-likeness (QED) is 0.366. The highest BCUT2D eigenvalue weighted by atomic mass is 32.2. The minimum Gasteiger partial charge on any atom is -0.490 e. The molecule has 1 aromatic carbocycles. The summed E-state index contributed by atoms with van der Waals surface area (Å²) >= 11 is 6.66. The number of nitrogens with zero attached hydrogens (tertiary/aromatic N) is 1. The lowest BCUT2D eigenvalue weighted by atomic mass is 10.1. The highest BCUT2D eigenvalue weighted by Gasteiger charge is 2.33. The van der Waals surface area contributed by atoms with Crippen molar-refractivity contribution in [3.05, 3.63) is 28.7 Å². The Kier molecular flexibility index (Phi) is 7.32. The van der Waals surface area contributed by atoms with E-state index in [-0.39, 0.29) is 11.9 Å². The number of carbonyl (C=O) groups excluding carboxylic acids is 1. The van der Waals surface area contributed by atoms with Gasteiger partial charge in [-0.25, -0.2) is 0 Å². The fourth-order valence-corrected chi connectivity index (χ4v) is 3.93. The highest BCUT2D eigenvalue weighted by Crippen LogP contribution is 2.35. The molecule has 1 amide bonds. The molecule has 0 bridgehead atoms. The van der Waals surface area contributed by atoms with Crippen LogP contribution < -0.4 is 9.47 Å². The molecule has 4 nitrogen and oxygen atoms in total. The number of amides is 1. The lowest BCUT2D eigenvalue weighted by molar-refractivity contribution is -0.123. The summed E-state index contributed by atoms with van der Waals surface area (Å²) in [5, 5.41) is 0. The lowest BCUT2D eigenvalue weighted by Gasteiger charge is -2.18. The molecule has 0 N–H and O–H groups in total. The van der Waals surface area contributed by atoms with Gasteiger partial charge >= 0.3 is 0 Å². The number of hydrogen-bond acceptors (Lipinski definition) is 5. The summed E-state index contributed by atoms with van der Waals surface area (Å²) in [4.78, 5) is 14.8. The van der Waals surface area contributed by atoms with Crippen molar-refractivity contribution in [3.8, 4) is 11.5 Å². The Labute approximate surface area is 159 Å². The zero-order valence-corrected chi connectivity index (χ0v) is 16.8. The first-order valence-electron chi connectivity index (χ1n) is 8.64. The summed E-state index contributed by atoms with van der Waals surface area (Å²) in [5.74, 6) is 1.40. The van der Waals surface area contributed by atoms with Crippen LogP contribution >= 0.6 is 24.0 Å². The van der Waals surface area contributed by atoms with Gasteiger partial charge in [0.25, 0.3) is 5.91 Å². The molecule has 1 aliphatic rings. The van der Waals surface area contributed by atoms with E-state index >= 15 is 0 Å². The summed E-state index contributed by atoms with van der Waals surface area (Å²) in [6.45, 7) is 9.22. The van der Waals surface area contributed by atoms with Crippen LogP contribution in [-0.2, 0) is 4.79 Å². The molecule has 0 saturated carbocycles. The van der Waals surface area contributed by atoms with Gasteiger partial charge in [-0.05, 0) is 51.0 Å². The topological polar surface area (TPSA) is 38.8 Å². The number of benzene rings is 1. The van der Waals surface area contributed by atoms with E-state index < -0.39 is 0 Å². The number of thioether (sulfide) groups is 1. The Morgan fingerprint density at radius 1 is 1.24 bits per heavy atom. The summed E-state index contributed by atoms with van der Waals surface area (Å²) in [7, 11) is 0. The van der Waals surface area contributed by atoms with E-state index in [0.717, 1.165) is 24.2 Å². The third kappa shape index (κ3) is 4.98. The van der Waals surface area contributed by atoms with Crippen molar-refractivity contribution in [1.29, 1.82) is 0 Å². The molecular formula is C19H25NO3S2. The maximum absolute atomic E-state index is 12.5. The van der Waals surface area contributed by atoms with Crippen molar-refractivity contribution >= 4 is 40.3 Å². The van der Waals surface area contributed by atoms with Crippen LogP contribution in [0.5, 0.6) is 11.5 Å². The van der Waals surface area contributed by atoms with Crippen molar-refractivity contribution in [2.75, 3.05) is 13.2 Å². The van der Waals surface area contributed by atoms with Gasteiger partial charge in [0.15, 0.2) is 11.5 Å². The molecule has 25 heavy (non-hydrogen) atoms. The second-order valence-electron chi connectivity index (χ2n) is 5.99. The number of hydrogen-bond donors (Lipinski definition) is 0. The maximum Gasteiger partial charge on any atom is 0.266 e. The molecule has 0 spiro atoms. The van der Waals surface area contributed by atoms with E-state index in [4.69, 9.17) is 21.7 Å². The molecule has 1 aliphatic heterocycles. The third-order valence-corrected chi connectivity index (χ3v) is 4.99. The van der Waals surface area contributed by atoms with E-state index in [2.05, 4.69) is 6.92 Å². The van der Waals surface area contributed by atoms with Gasteiger partial charge in [0, 0.05) is 6.04 Å². The molecule has 0 aliphatic carbocycles. The molecule has 0 radical (unpaired) electrons. The second-order valence-corrected chi connectivity index (χ2v) is 7.66. The predicted octanol–water partition coefficient (Wildman–Crippen LogP) is 4.87. The Morgan fingerprint density at radius 3 is 2.60 bits per heavy atom. The summed E-state index contributed by atoms with van der Waals surface area (Å²) in [5.41, 5.74) is 0.899. The van der Waals surface area contributed by atoms with E-state index in [9.17, 15) is 4.79 Å². The first-order valence-corrected chi connectivity index (χ1v) is 9.87. The van der Waals surface area contributed by atoms with Crippen molar-refractivity contribution in [1.82, 2.24) is 4.90 Å². The van der Waals surface area contributed by atoms with Crippen molar-refractivity contribution < 1.29 is 14.3 Å². The van der Waals surface area contributed by atoms with Crippen LogP contribution in [0.3, 0.4) is 0 Å². The fourth-order valence-electron chi connectivity index (χ4n) is 2.40. The monoisotopic (exact) mass is 379 g/mol. The molecule has 0 atom stereocenters. The van der Waals surface area contributed by atoms with Crippen LogP contribution in [0.1, 0.15) is 46.1 Å². The van der Waals surface area contributed by atoms with Crippen LogP contribution in [0.15, 0.2) is 23.1 Å². The summed E-state index contributed by atoms with van der Waals surface area (Å²) in [6, 6.07) is 5.81. The lowest BCUT2D eigenvalue weighted by Crippen LogP contribution is -2.34. The number of ether oxygens (including phenoxy) is 2. The van der Waals surface area contributed by atoms with Gasteiger partial charge in [-0.1, -0.05) is 43.4 Å². The smallest absolute Gasteiger partial charge is 0.266 e. The average molecular weight is 380 g/mol. The first kappa shape index (κ1) is 19.8. The first-order chi connectivity index (χ1) is 12.0. The number of rotatable bonds is 8. The van der Waals surface area contributed by atoms with Gasteiger partial charge < -0.3 is 9.47 Å². The Balaban J connectivity index is 2.23. The summed E-state index contributed by atoms with van der Waals surface area (Å²) in [6.07, 6.45) is 3.95. The molecule has 136 valence electrons. The van der Waals surface area contributed by atoms with Crippen molar-refractivity contribution in [2.24, 2.45) is 0 Å². The van der Waals surface area contributed by atoms with Crippen molar-refractivity contribution in [2.45, 2.75) is 46.6 Å². The number of unbranched alkanes of at least 4 members (excludes halogenated alkanes) is 1. The van der Waals surface area contributed by atoms with Crippen LogP contribution in [0.25, 0.3) is 6.08 Å². The van der Waals surface area contributed by atoms with Gasteiger partial charge in [-0.15, -0.1) is 0 Å². The molecular weight excluding hydrogens is 354 g/mol. The normalized spacial score (nSPS) is 16.2. The minimum atomic E-state index is -0.0359. The molecule has 0 unspecified atom stereocenters. The largest absolute Gasteiger partial charge is 0.490 e. The van der Waals surface area contributed by atoms with Gasteiger partial charge in [-0.3, -0.25) is 9.69 Å². The van der Waals surface area contributed by atoms with Crippen molar-refractivity contribution in [3.63, 3.8) is 0 Å². The van der Waals surface area contributed by atoms with Crippen LogP contribution in [0.4, 0.5) is 0 Å². The SMILES string of the molecule is CCCCOc1ccc(/C=C2/SC(=S)N(C(C)C)C2=O)cc1OCC. The zero-order valence-electron chi connectivity index (χ0n) is 15.2. The average Bonchev–Trinajstić information content (AvgIpc) is 2.84. The van der Waals surface area contributed by atoms with Crippen LogP contribution in [0, 0.1) is 0 Å². The molecule has 1 heterocycles. The number of carbonyl (C=O) groups is 1. The fraction of sp³-hybridized carbons (Fsp3) is 0.474. The van der Waals surface area contributed by atoms with Gasteiger partial charge in [-0.2, -0.15) is 0 Å². The van der Waals surface area contributed by atoms with Gasteiger partial charge in [0.05, 0.1) is 18.1 Å². The van der Waals surface area contributed by atoms with Crippen LogP contribution in [0.2, 0.25) is 0 Å². The predicted molar refractivity (Wildman–Crippen MR) is 108 cm³/mol. The summed E-state index contributed by atoms with van der Waals surface area (Å²) < 4.78 is 12.1. The molecule has 2 rings (SSSR count). The Hall–Kier alpha value is -1.53. The molecule has 1 fully saturated rings. The van der Waals surface area contributed by atoms with Crippen LogP contribution in [-0.4, -0.2) is 34.4 Å². The Bertz CT molecular complexity index is 671. The maximum atomic E-state index is 12.5. The van der Waals surface area contributed by atoms with Gasteiger partial charge in [0.2, 0.25) is 0 Å². The standard InChI is InChI=1S/C19H25NO3S2/c1-5-7-10-23-15-9-8-14(11-16(15)22-6-2)12-17-18(21)20(13(3)4)19(24)25-17/h8-9,11-13H,5-7,10H2,1-4H3/b17-12+. The molecule has 1 saturated heterocycles. The second kappa shape index (κ2) is 9.25. The minimum absolute atomic E-state index is 0.0359. The molecule has 0 aromatic heterocycles. The third-order valence-electron chi connectivity index (χ3n) is 3.66. The van der Waals surface area contributed by atoms with E-state index in [0.29, 0.717) is 28.2 Å².